The summed E-state index contributed by atoms with van der Waals surface area (Å²) in [6, 6.07) is 10.0. The fraction of sp³-hybridized carbons (Fsp3) is 0.250. The van der Waals surface area contributed by atoms with Crippen molar-refractivity contribution >= 4 is 0 Å². The lowest BCUT2D eigenvalue weighted by Crippen LogP contribution is -1.93. The third-order valence-electron chi connectivity index (χ3n) is 3.14. The zero-order valence-corrected chi connectivity index (χ0v) is 10.8. The molecule has 0 aliphatic rings. The Morgan fingerprint density at radius 1 is 0.833 bits per heavy atom. The lowest BCUT2D eigenvalue weighted by atomic mass is 9.94. The smallest absolute Gasteiger partial charge is 0.159 e. The predicted molar refractivity (Wildman–Crippen MR) is 70.6 cm³/mol. The number of benzene rings is 2. The van der Waals surface area contributed by atoms with Crippen molar-refractivity contribution in [3.63, 3.8) is 0 Å². The molecule has 18 heavy (non-hydrogen) atoms. The highest BCUT2D eigenvalue weighted by Crippen LogP contribution is 2.26. The van der Waals surface area contributed by atoms with Crippen LogP contribution in [0.2, 0.25) is 0 Å². The van der Waals surface area contributed by atoms with Gasteiger partial charge < -0.3 is 0 Å². The van der Waals surface area contributed by atoms with Crippen LogP contribution in [0.5, 0.6) is 0 Å². The fourth-order valence-electron chi connectivity index (χ4n) is 2.18. The molecule has 0 nitrogen and oxygen atoms in total. The van der Waals surface area contributed by atoms with Gasteiger partial charge in [-0.2, -0.15) is 0 Å². The molecule has 0 aromatic heterocycles. The molecule has 94 valence electrons. The van der Waals surface area contributed by atoms with Crippen LogP contribution in [0.25, 0.3) is 11.1 Å². The van der Waals surface area contributed by atoms with Gasteiger partial charge in [-0.25, -0.2) is 8.78 Å². The number of hydrogen-bond donors (Lipinski definition) is 0. The average Bonchev–Trinajstić information content (AvgIpc) is 2.32. The zero-order valence-electron chi connectivity index (χ0n) is 10.8. The van der Waals surface area contributed by atoms with Gasteiger partial charge in [0.15, 0.2) is 11.6 Å². The first-order chi connectivity index (χ1) is 8.49. The monoisotopic (exact) mass is 246 g/mol. The molecular weight excluding hydrogens is 230 g/mol. The highest BCUT2D eigenvalue weighted by atomic mass is 19.2. The van der Waals surface area contributed by atoms with Crippen molar-refractivity contribution in [3.05, 3.63) is 59.2 Å². The van der Waals surface area contributed by atoms with Crippen LogP contribution in [0.3, 0.4) is 0 Å². The summed E-state index contributed by atoms with van der Waals surface area (Å²) in [6.45, 7) is 6.32. The molecule has 0 heterocycles. The van der Waals surface area contributed by atoms with Gasteiger partial charge in [0.2, 0.25) is 0 Å². The molecule has 0 saturated carbocycles. The normalized spacial score (nSPS) is 11.0. The maximum Gasteiger partial charge on any atom is 0.159 e. The highest BCUT2D eigenvalue weighted by molar-refractivity contribution is 5.65. The highest BCUT2D eigenvalue weighted by Gasteiger charge is 2.07. The van der Waals surface area contributed by atoms with E-state index in [1.165, 1.54) is 17.2 Å². The van der Waals surface area contributed by atoms with E-state index in [4.69, 9.17) is 0 Å². The van der Waals surface area contributed by atoms with E-state index in [-0.39, 0.29) is 0 Å². The summed E-state index contributed by atoms with van der Waals surface area (Å²) in [4.78, 5) is 0. The Morgan fingerprint density at radius 2 is 1.44 bits per heavy atom. The van der Waals surface area contributed by atoms with Gasteiger partial charge in [-0.1, -0.05) is 38.1 Å². The van der Waals surface area contributed by atoms with Gasteiger partial charge in [-0.15, -0.1) is 0 Å². The van der Waals surface area contributed by atoms with Crippen molar-refractivity contribution in [1.29, 1.82) is 0 Å². The lowest BCUT2D eigenvalue weighted by molar-refractivity contribution is 0.509. The molecule has 2 aromatic carbocycles. The minimum Gasteiger partial charge on any atom is -0.204 e. The first kappa shape index (κ1) is 12.7. The Labute approximate surface area is 106 Å². The van der Waals surface area contributed by atoms with Crippen LogP contribution in [-0.2, 0) is 0 Å². The van der Waals surface area contributed by atoms with E-state index < -0.39 is 11.6 Å². The topological polar surface area (TPSA) is 0 Å². The van der Waals surface area contributed by atoms with Gasteiger partial charge in [-0.3, -0.25) is 0 Å². The molecule has 0 N–H and O–H groups in total. The molecule has 2 heteroatoms. The maximum absolute atomic E-state index is 13.2. The molecule has 0 amide bonds. The van der Waals surface area contributed by atoms with E-state index in [0.29, 0.717) is 11.5 Å². The maximum atomic E-state index is 13.2. The molecule has 0 aliphatic heterocycles. The molecular formula is C16H16F2. The first-order valence-corrected chi connectivity index (χ1v) is 6.05. The molecule has 0 fully saturated rings. The molecule has 2 aromatic rings. The molecule has 0 unspecified atom stereocenters. The Hall–Kier alpha value is -1.70. The minimum atomic E-state index is -0.811. The summed E-state index contributed by atoms with van der Waals surface area (Å²) in [5.41, 5.74) is 4.07. The number of aryl methyl sites for hydroxylation is 1. The quantitative estimate of drug-likeness (QED) is 0.694. The second-order valence-electron chi connectivity index (χ2n) is 4.85. The van der Waals surface area contributed by atoms with Crippen LogP contribution in [0.1, 0.15) is 30.9 Å². The third kappa shape index (κ3) is 2.42. The van der Waals surface area contributed by atoms with Crippen molar-refractivity contribution in [2.24, 2.45) is 0 Å². The van der Waals surface area contributed by atoms with Crippen molar-refractivity contribution in [2.45, 2.75) is 26.7 Å². The van der Waals surface area contributed by atoms with Crippen LogP contribution < -0.4 is 0 Å². The number of hydrogen-bond acceptors (Lipinski definition) is 0. The summed E-state index contributed by atoms with van der Waals surface area (Å²) in [6.07, 6.45) is 0. The van der Waals surface area contributed by atoms with Crippen molar-refractivity contribution in [2.75, 3.05) is 0 Å². The van der Waals surface area contributed by atoms with Gasteiger partial charge >= 0.3 is 0 Å². The first-order valence-electron chi connectivity index (χ1n) is 6.05. The standard InChI is InChI=1S/C16H16F2/c1-10(2)14-6-4-12(8-11(14)3)13-5-7-15(17)16(18)9-13/h4-10H,1-3H3. The third-order valence-corrected chi connectivity index (χ3v) is 3.14. The number of halogens is 2. The zero-order chi connectivity index (χ0) is 13.3. The van der Waals surface area contributed by atoms with Crippen molar-refractivity contribution in [1.82, 2.24) is 0 Å². The Balaban J connectivity index is 2.45. The van der Waals surface area contributed by atoms with Crippen LogP contribution >= 0.6 is 0 Å². The Morgan fingerprint density at radius 3 is 2.00 bits per heavy atom. The van der Waals surface area contributed by atoms with Crippen LogP contribution in [-0.4, -0.2) is 0 Å². The second-order valence-corrected chi connectivity index (χ2v) is 4.85. The second kappa shape index (κ2) is 4.89. The van der Waals surface area contributed by atoms with Crippen LogP contribution in [0, 0.1) is 18.6 Å². The minimum absolute atomic E-state index is 0.462. The molecule has 0 spiro atoms. The molecule has 0 atom stereocenters. The largest absolute Gasteiger partial charge is 0.204 e. The van der Waals surface area contributed by atoms with Gasteiger partial charge in [0, 0.05) is 0 Å². The fourth-order valence-corrected chi connectivity index (χ4v) is 2.18. The van der Waals surface area contributed by atoms with Crippen LogP contribution in [0.4, 0.5) is 8.78 Å². The summed E-state index contributed by atoms with van der Waals surface area (Å²) in [5.74, 6) is -1.16. The van der Waals surface area contributed by atoms with Crippen molar-refractivity contribution < 1.29 is 8.78 Å². The van der Waals surface area contributed by atoms with E-state index in [9.17, 15) is 8.78 Å². The summed E-state index contributed by atoms with van der Waals surface area (Å²) in [5, 5.41) is 0. The molecule has 0 radical (unpaired) electrons. The SMILES string of the molecule is Cc1cc(-c2ccc(F)c(F)c2)ccc1C(C)C. The van der Waals surface area contributed by atoms with Gasteiger partial charge in [0.25, 0.3) is 0 Å². The Kier molecular flexibility index (Phi) is 3.46. The summed E-state index contributed by atoms with van der Waals surface area (Å²) in [7, 11) is 0. The molecule has 0 saturated heterocycles. The van der Waals surface area contributed by atoms with E-state index >= 15 is 0 Å². The van der Waals surface area contributed by atoms with Gasteiger partial charge in [0.1, 0.15) is 0 Å². The van der Waals surface area contributed by atoms with Gasteiger partial charge in [0.05, 0.1) is 0 Å². The molecule has 2 rings (SSSR count). The summed E-state index contributed by atoms with van der Waals surface area (Å²) < 4.78 is 26.1. The average molecular weight is 246 g/mol. The molecule has 0 bridgehead atoms. The van der Waals surface area contributed by atoms with E-state index in [0.717, 1.165) is 11.6 Å². The van der Waals surface area contributed by atoms with Crippen molar-refractivity contribution in [3.8, 4) is 11.1 Å². The number of rotatable bonds is 2. The van der Waals surface area contributed by atoms with E-state index in [1.54, 1.807) is 6.07 Å². The van der Waals surface area contributed by atoms with E-state index in [2.05, 4.69) is 19.9 Å². The molecule has 0 aliphatic carbocycles. The predicted octanol–water partition coefficient (Wildman–Crippen LogP) is 5.06. The Bertz CT molecular complexity index is 571. The van der Waals surface area contributed by atoms with Gasteiger partial charge in [-0.05, 0) is 47.2 Å². The van der Waals surface area contributed by atoms with E-state index in [1.807, 2.05) is 19.1 Å². The summed E-state index contributed by atoms with van der Waals surface area (Å²) >= 11 is 0. The van der Waals surface area contributed by atoms with Crippen LogP contribution in [0.15, 0.2) is 36.4 Å². The lowest BCUT2D eigenvalue weighted by Gasteiger charge is -2.11.